The molecule has 1 amide bonds. The molecule has 3 rings (SSSR count). The Morgan fingerprint density at radius 2 is 2.25 bits per heavy atom. The maximum Gasteiger partial charge on any atom is 0.281 e. The number of ether oxygens (including phenoxy) is 1. The van der Waals surface area contributed by atoms with Gasteiger partial charge in [0.15, 0.2) is 0 Å². The first kappa shape index (κ1) is 17.4. The number of furan rings is 1. The van der Waals surface area contributed by atoms with Crippen molar-refractivity contribution >= 4 is 16.1 Å². The van der Waals surface area contributed by atoms with Crippen molar-refractivity contribution in [3.05, 3.63) is 24.2 Å². The van der Waals surface area contributed by atoms with Crippen molar-refractivity contribution in [3.63, 3.8) is 0 Å². The molecular weight excluding hydrogens is 334 g/mol. The van der Waals surface area contributed by atoms with Gasteiger partial charge in [-0.25, -0.2) is 0 Å². The maximum absolute atomic E-state index is 12.6. The SMILES string of the molecule is CN(C)S(=O)(=O)N1C[C@@H](C(=O)NCc2ccco2)C[C@H]2OCC[C@H]21. The summed E-state index contributed by atoms with van der Waals surface area (Å²) in [6.07, 6.45) is 2.52. The lowest BCUT2D eigenvalue weighted by Crippen LogP contribution is -2.57. The second-order valence-electron chi connectivity index (χ2n) is 6.35. The maximum atomic E-state index is 12.6. The average Bonchev–Trinajstić information content (AvgIpc) is 3.22. The third kappa shape index (κ3) is 3.34. The second kappa shape index (κ2) is 6.83. The van der Waals surface area contributed by atoms with Gasteiger partial charge in [-0.2, -0.15) is 17.0 Å². The number of amides is 1. The Kier molecular flexibility index (Phi) is 4.95. The summed E-state index contributed by atoms with van der Waals surface area (Å²) in [5, 5.41) is 2.81. The van der Waals surface area contributed by atoms with Crippen molar-refractivity contribution in [2.24, 2.45) is 5.92 Å². The third-order valence-corrected chi connectivity index (χ3v) is 6.54. The molecule has 3 heterocycles. The number of carbonyl (C=O) groups is 1. The molecular formula is C15H23N3O5S. The molecule has 2 fully saturated rings. The van der Waals surface area contributed by atoms with E-state index in [0.29, 0.717) is 25.2 Å². The fourth-order valence-corrected chi connectivity index (χ4v) is 4.67. The van der Waals surface area contributed by atoms with Gasteiger partial charge in [0.25, 0.3) is 10.2 Å². The molecule has 0 radical (unpaired) electrons. The van der Waals surface area contributed by atoms with Crippen LogP contribution in [-0.4, -0.2) is 62.3 Å². The highest BCUT2D eigenvalue weighted by molar-refractivity contribution is 7.86. The second-order valence-corrected chi connectivity index (χ2v) is 8.45. The van der Waals surface area contributed by atoms with Crippen LogP contribution in [0.5, 0.6) is 0 Å². The molecule has 2 aliphatic heterocycles. The van der Waals surface area contributed by atoms with Crippen molar-refractivity contribution in [3.8, 4) is 0 Å². The average molecular weight is 357 g/mol. The number of piperidine rings is 1. The number of carbonyl (C=O) groups excluding carboxylic acids is 1. The van der Waals surface area contributed by atoms with Crippen LogP contribution in [0.4, 0.5) is 0 Å². The van der Waals surface area contributed by atoms with Gasteiger partial charge in [-0.15, -0.1) is 0 Å². The highest BCUT2D eigenvalue weighted by atomic mass is 32.2. The number of nitrogens with one attached hydrogen (secondary N) is 1. The van der Waals surface area contributed by atoms with E-state index >= 15 is 0 Å². The molecule has 0 spiro atoms. The topological polar surface area (TPSA) is 92.1 Å². The van der Waals surface area contributed by atoms with E-state index in [-0.39, 0.29) is 31.1 Å². The molecule has 1 aromatic heterocycles. The Labute approximate surface area is 141 Å². The fraction of sp³-hybridized carbons (Fsp3) is 0.667. The van der Waals surface area contributed by atoms with Gasteiger partial charge in [-0.1, -0.05) is 0 Å². The molecule has 134 valence electrons. The summed E-state index contributed by atoms with van der Waals surface area (Å²) in [6.45, 7) is 0.988. The molecule has 1 aromatic rings. The molecule has 2 aliphatic rings. The molecule has 9 heteroatoms. The molecule has 0 aromatic carbocycles. The van der Waals surface area contributed by atoms with Gasteiger partial charge in [0.2, 0.25) is 5.91 Å². The summed E-state index contributed by atoms with van der Waals surface area (Å²) in [6, 6.07) is 3.34. The first-order chi connectivity index (χ1) is 11.4. The molecule has 0 bridgehead atoms. The summed E-state index contributed by atoms with van der Waals surface area (Å²) in [7, 11) is -0.589. The minimum Gasteiger partial charge on any atom is -0.467 e. The molecule has 2 saturated heterocycles. The largest absolute Gasteiger partial charge is 0.467 e. The Morgan fingerprint density at radius 3 is 2.92 bits per heavy atom. The lowest BCUT2D eigenvalue weighted by atomic mass is 9.91. The normalized spacial score (nSPS) is 28.0. The quantitative estimate of drug-likeness (QED) is 0.812. The van der Waals surface area contributed by atoms with Gasteiger partial charge in [-0.3, -0.25) is 4.79 Å². The lowest BCUT2D eigenvalue weighted by molar-refractivity contribution is -0.128. The molecule has 1 N–H and O–H groups in total. The van der Waals surface area contributed by atoms with E-state index in [0.717, 1.165) is 0 Å². The molecule has 0 saturated carbocycles. The molecule has 0 aliphatic carbocycles. The van der Waals surface area contributed by atoms with Crippen LogP contribution in [0, 0.1) is 5.92 Å². The standard InChI is InChI=1S/C15H23N3O5S/c1-17(2)24(20,21)18-10-11(8-14-13(18)5-7-23-14)15(19)16-9-12-4-3-6-22-12/h3-4,6,11,13-14H,5,7-10H2,1-2H3,(H,16,19)/t11-,13+,14+/m0/s1. The number of fused-ring (bicyclic) bond motifs is 1. The zero-order valence-corrected chi connectivity index (χ0v) is 14.7. The predicted octanol–water partition coefficient (Wildman–Crippen LogP) is 0.182. The van der Waals surface area contributed by atoms with E-state index in [4.69, 9.17) is 9.15 Å². The van der Waals surface area contributed by atoms with Crippen molar-refractivity contribution in [2.45, 2.75) is 31.5 Å². The van der Waals surface area contributed by atoms with Gasteiger partial charge in [0.05, 0.1) is 30.9 Å². The van der Waals surface area contributed by atoms with E-state index in [1.54, 1.807) is 18.4 Å². The predicted molar refractivity (Wildman–Crippen MR) is 86.1 cm³/mol. The van der Waals surface area contributed by atoms with Crippen LogP contribution in [0.2, 0.25) is 0 Å². The fourth-order valence-electron chi connectivity index (χ4n) is 3.30. The van der Waals surface area contributed by atoms with Crippen LogP contribution in [-0.2, 0) is 26.3 Å². The Balaban J connectivity index is 1.71. The number of hydrogen-bond donors (Lipinski definition) is 1. The Hall–Kier alpha value is -1.42. The number of rotatable bonds is 5. The van der Waals surface area contributed by atoms with Crippen molar-refractivity contribution < 1.29 is 22.4 Å². The third-order valence-electron chi connectivity index (χ3n) is 4.61. The summed E-state index contributed by atoms with van der Waals surface area (Å²) in [5.41, 5.74) is 0. The molecule has 24 heavy (non-hydrogen) atoms. The van der Waals surface area contributed by atoms with E-state index in [1.165, 1.54) is 22.7 Å². The Morgan fingerprint density at radius 1 is 1.46 bits per heavy atom. The number of nitrogens with zero attached hydrogens (tertiary/aromatic N) is 2. The van der Waals surface area contributed by atoms with Crippen molar-refractivity contribution in [1.82, 2.24) is 13.9 Å². The highest BCUT2D eigenvalue weighted by Gasteiger charge is 2.47. The lowest BCUT2D eigenvalue weighted by Gasteiger charge is -2.40. The van der Waals surface area contributed by atoms with Crippen LogP contribution < -0.4 is 5.32 Å². The smallest absolute Gasteiger partial charge is 0.281 e. The minimum atomic E-state index is -3.59. The van der Waals surface area contributed by atoms with Crippen LogP contribution in [0.1, 0.15) is 18.6 Å². The first-order valence-corrected chi connectivity index (χ1v) is 9.40. The van der Waals surface area contributed by atoms with E-state index in [9.17, 15) is 13.2 Å². The van der Waals surface area contributed by atoms with E-state index in [2.05, 4.69) is 5.32 Å². The summed E-state index contributed by atoms with van der Waals surface area (Å²) >= 11 is 0. The van der Waals surface area contributed by atoms with E-state index in [1.807, 2.05) is 0 Å². The van der Waals surface area contributed by atoms with Gasteiger partial charge >= 0.3 is 0 Å². The summed E-state index contributed by atoms with van der Waals surface area (Å²) in [5.74, 6) is 0.0419. The van der Waals surface area contributed by atoms with Crippen LogP contribution in [0.25, 0.3) is 0 Å². The molecule has 3 atom stereocenters. The molecule has 8 nitrogen and oxygen atoms in total. The van der Waals surface area contributed by atoms with Gasteiger partial charge in [0, 0.05) is 27.2 Å². The van der Waals surface area contributed by atoms with Crippen LogP contribution >= 0.6 is 0 Å². The van der Waals surface area contributed by atoms with Crippen molar-refractivity contribution in [2.75, 3.05) is 27.2 Å². The van der Waals surface area contributed by atoms with E-state index < -0.39 is 16.1 Å². The minimum absolute atomic E-state index is 0.176. The van der Waals surface area contributed by atoms with Gasteiger partial charge < -0.3 is 14.5 Å². The van der Waals surface area contributed by atoms with Crippen molar-refractivity contribution in [1.29, 1.82) is 0 Å². The monoisotopic (exact) mass is 357 g/mol. The van der Waals surface area contributed by atoms with Gasteiger partial charge in [0.1, 0.15) is 5.76 Å². The zero-order chi connectivity index (χ0) is 17.3. The highest BCUT2D eigenvalue weighted by Crippen LogP contribution is 2.33. The summed E-state index contributed by atoms with van der Waals surface area (Å²) in [4.78, 5) is 12.5. The van der Waals surface area contributed by atoms with Gasteiger partial charge in [-0.05, 0) is 25.0 Å². The summed E-state index contributed by atoms with van der Waals surface area (Å²) < 4.78 is 38.7. The first-order valence-electron chi connectivity index (χ1n) is 8.00. The van der Waals surface area contributed by atoms with Crippen LogP contribution in [0.3, 0.4) is 0 Å². The Bertz CT molecular complexity index is 673. The molecule has 0 unspecified atom stereocenters. The van der Waals surface area contributed by atoms with Crippen LogP contribution in [0.15, 0.2) is 22.8 Å². The zero-order valence-electron chi connectivity index (χ0n) is 13.8. The number of hydrogen-bond acceptors (Lipinski definition) is 5.